The van der Waals surface area contributed by atoms with Gasteiger partial charge in [-0.25, -0.2) is 4.98 Å². The fourth-order valence-electron chi connectivity index (χ4n) is 3.60. The number of carbonyl (C=O) groups excluding carboxylic acids is 1. The van der Waals surface area contributed by atoms with Gasteiger partial charge in [0.2, 0.25) is 5.78 Å². The Hall–Kier alpha value is -3.38. The Morgan fingerprint density at radius 3 is 2.43 bits per heavy atom. The monoisotopic (exact) mass is 414 g/mol. The number of rotatable bonds is 5. The zero-order valence-corrected chi connectivity index (χ0v) is 17.1. The van der Waals surface area contributed by atoms with Gasteiger partial charge in [0.25, 0.3) is 5.56 Å². The quantitative estimate of drug-likeness (QED) is 0.169. The summed E-state index contributed by atoms with van der Waals surface area (Å²) in [6.45, 7) is 2.39. The van der Waals surface area contributed by atoms with Gasteiger partial charge in [-0.3, -0.25) is 14.2 Å². The van der Waals surface area contributed by atoms with Crippen molar-refractivity contribution in [2.75, 3.05) is 5.75 Å². The largest absolute Gasteiger partial charge is 0.453 e. The number of ketones is 1. The van der Waals surface area contributed by atoms with Crippen LogP contribution in [0.4, 0.5) is 0 Å². The number of carbonyl (C=O) groups is 1. The second-order valence-corrected chi connectivity index (χ2v) is 7.96. The van der Waals surface area contributed by atoms with Gasteiger partial charge in [-0.15, -0.1) is 0 Å². The number of hydrogen-bond acceptors (Lipinski definition) is 5. The molecule has 0 aliphatic rings. The first-order valence-corrected chi connectivity index (χ1v) is 10.7. The molecule has 0 radical (unpaired) electrons. The van der Waals surface area contributed by atoms with E-state index in [2.05, 4.69) is 0 Å². The third-order valence-corrected chi connectivity index (χ3v) is 6.11. The predicted octanol–water partition coefficient (Wildman–Crippen LogP) is 5.29. The number of benzene rings is 3. The minimum Gasteiger partial charge on any atom is -0.453 e. The number of thioether (sulfide) groups is 1. The zero-order chi connectivity index (χ0) is 20.7. The molecule has 0 bridgehead atoms. The second-order valence-electron chi connectivity index (χ2n) is 7.02. The molecular weight excluding hydrogens is 396 g/mol. The summed E-state index contributed by atoms with van der Waals surface area (Å²) in [6, 6.07) is 21.0. The van der Waals surface area contributed by atoms with E-state index in [0.717, 1.165) is 16.2 Å². The van der Waals surface area contributed by atoms with Crippen LogP contribution < -0.4 is 5.56 Å². The lowest BCUT2D eigenvalue weighted by Crippen LogP contribution is -2.23. The minimum atomic E-state index is -0.133. The highest BCUT2D eigenvalue weighted by Gasteiger charge is 2.16. The van der Waals surface area contributed by atoms with Crippen molar-refractivity contribution < 1.29 is 9.21 Å². The molecule has 0 aliphatic carbocycles. The molecule has 5 nitrogen and oxygen atoms in total. The van der Waals surface area contributed by atoms with Crippen LogP contribution in [0.25, 0.3) is 32.6 Å². The van der Waals surface area contributed by atoms with E-state index in [1.807, 2.05) is 67.6 Å². The van der Waals surface area contributed by atoms with Crippen LogP contribution in [0.1, 0.15) is 17.5 Å². The Morgan fingerprint density at radius 2 is 1.70 bits per heavy atom. The molecule has 0 saturated heterocycles. The summed E-state index contributed by atoms with van der Waals surface area (Å²) >= 11 is 1.26. The van der Waals surface area contributed by atoms with E-state index in [-0.39, 0.29) is 17.1 Å². The third-order valence-electron chi connectivity index (χ3n) is 5.14. The van der Waals surface area contributed by atoms with E-state index in [0.29, 0.717) is 33.9 Å². The highest BCUT2D eigenvalue weighted by molar-refractivity contribution is 7.99. The molecule has 0 fully saturated rings. The number of nitrogens with zero attached hydrogens (tertiary/aromatic N) is 2. The Kier molecular flexibility index (Phi) is 4.64. The lowest BCUT2D eigenvalue weighted by molar-refractivity contribution is 0.0994. The number of furan rings is 1. The Bertz CT molecular complexity index is 1450. The van der Waals surface area contributed by atoms with E-state index < -0.39 is 0 Å². The number of Topliss-reactive ketones (excluding diaryl/α,β-unsaturated/α-hetero) is 1. The highest BCUT2D eigenvalue weighted by atomic mass is 32.2. The minimum absolute atomic E-state index is 0.0908. The van der Waals surface area contributed by atoms with E-state index >= 15 is 0 Å². The van der Waals surface area contributed by atoms with Crippen LogP contribution in [0.2, 0.25) is 0 Å². The van der Waals surface area contributed by atoms with Gasteiger partial charge in [0.05, 0.1) is 16.7 Å². The first-order chi connectivity index (χ1) is 14.6. The molecule has 3 aromatic carbocycles. The van der Waals surface area contributed by atoms with Crippen LogP contribution >= 0.6 is 11.8 Å². The molecule has 2 aromatic heterocycles. The smallest absolute Gasteiger partial charge is 0.262 e. The molecule has 5 rings (SSSR count). The maximum atomic E-state index is 13.1. The number of para-hydroxylation sites is 1. The van der Waals surface area contributed by atoms with E-state index in [4.69, 9.17) is 9.40 Å². The topological polar surface area (TPSA) is 65.1 Å². The summed E-state index contributed by atoms with van der Waals surface area (Å²) < 4.78 is 7.28. The molecule has 0 unspecified atom stereocenters. The van der Waals surface area contributed by atoms with Gasteiger partial charge in [-0.1, -0.05) is 54.2 Å². The molecule has 0 atom stereocenters. The van der Waals surface area contributed by atoms with Crippen molar-refractivity contribution in [2.45, 2.75) is 18.6 Å². The average Bonchev–Trinajstić information content (AvgIpc) is 3.21. The van der Waals surface area contributed by atoms with Crippen LogP contribution in [0.3, 0.4) is 0 Å². The van der Waals surface area contributed by atoms with Gasteiger partial charge in [-0.2, -0.15) is 0 Å². The van der Waals surface area contributed by atoms with Gasteiger partial charge in [0, 0.05) is 11.9 Å². The molecule has 0 saturated carbocycles. The van der Waals surface area contributed by atoms with Crippen LogP contribution in [0.5, 0.6) is 0 Å². The van der Waals surface area contributed by atoms with Crippen molar-refractivity contribution in [1.82, 2.24) is 9.55 Å². The Morgan fingerprint density at radius 1 is 1.00 bits per heavy atom. The summed E-state index contributed by atoms with van der Waals surface area (Å²) in [5, 5.41) is 4.05. The van der Waals surface area contributed by atoms with Crippen molar-refractivity contribution in [3.05, 3.63) is 82.8 Å². The van der Waals surface area contributed by atoms with Crippen LogP contribution in [-0.2, 0) is 6.54 Å². The van der Waals surface area contributed by atoms with Crippen molar-refractivity contribution >= 4 is 50.2 Å². The fraction of sp³-hybridized carbons (Fsp3) is 0.125. The summed E-state index contributed by atoms with van der Waals surface area (Å²) in [6.07, 6.45) is 0. The molecule has 148 valence electrons. The lowest BCUT2D eigenvalue weighted by atomic mass is 10.1. The van der Waals surface area contributed by atoms with E-state index in [9.17, 15) is 9.59 Å². The normalized spacial score (nSPS) is 11.5. The molecule has 0 N–H and O–H groups in total. The number of aromatic nitrogens is 2. The van der Waals surface area contributed by atoms with Crippen LogP contribution in [0, 0.1) is 0 Å². The predicted molar refractivity (Wildman–Crippen MR) is 120 cm³/mol. The molecule has 6 heteroatoms. The van der Waals surface area contributed by atoms with Gasteiger partial charge in [0.15, 0.2) is 10.9 Å². The number of hydrogen-bond donors (Lipinski definition) is 0. The van der Waals surface area contributed by atoms with Gasteiger partial charge in [0.1, 0.15) is 5.58 Å². The summed E-state index contributed by atoms with van der Waals surface area (Å²) in [4.78, 5) is 30.5. The third kappa shape index (κ3) is 3.19. The Labute approximate surface area is 176 Å². The van der Waals surface area contributed by atoms with E-state index in [1.165, 1.54) is 11.8 Å². The lowest BCUT2D eigenvalue weighted by Gasteiger charge is -2.11. The fourth-order valence-corrected chi connectivity index (χ4v) is 4.53. The molecule has 30 heavy (non-hydrogen) atoms. The maximum Gasteiger partial charge on any atom is 0.262 e. The molecule has 0 amide bonds. The Balaban J connectivity index is 1.50. The van der Waals surface area contributed by atoms with Gasteiger partial charge in [-0.05, 0) is 42.0 Å². The number of fused-ring (bicyclic) bond motifs is 3. The second kappa shape index (κ2) is 7.46. The highest BCUT2D eigenvalue weighted by Crippen LogP contribution is 2.25. The van der Waals surface area contributed by atoms with Crippen LogP contribution in [-0.4, -0.2) is 21.1 Å². The summed E-state index contributed by atoms with van der Waals surface area (Å²) in [5.41, 5.74) is 1.24. The average molecular weight is 414 g/mol. The first-order valence-electron chi connectivity index (χ1n) is 9.72. The SMILES string of the molecule is CCn1c(SCC(=O)c2cc3ccccc3o2)nc2cc3ccccc3cc2c1=O. The van der Waals surface area contributed by atoms with Gasteiger partial charge < -0.3 is 4.42 Å². The standard InChI is InChI=1S/C24H18N2O3S/c1-2-26-23(28)18-11-15-7-3-4-8-16(15)12-19(18)25-24(26)30-14-20(27)22-13-17-9-5-6-10-21(17)29-22/h3-13H,2,14H2,1H3. The zero-order valence-electron chi connectivity index (χ0n) is 16.3. The summed E-state index contributed by atoms with van der Waals surface area (Å²) in [5.74, 6) is 0.332. The first kappa shape index (κ1) is 18.6. The summed E-state index contributed by atoms with van der Waals surface area (Å²) in [7, 11) is 0. The molecule has 2 heterocycles. The van der Waals surface area contributed by atoms with Crippen molar-refractivity contribution in [3.8, 4) is 0 Å². The van der Waals surface area contributed by atoms with E-state index in [1.54, 1.807) is 10.6 Å². The maximum absolute atomic E-state index is 13.1. The van der Waals surface area contributed by atoms with Crippen molar-refractivity contribution in [1.29, 1.82) is 0 Å². The molecule has 5 aromatic rings. The molecule has 0 spiro atoms. The van der Waals surface area contributed by atoms with Crippen molar-refractivity contribution in [3.63, 3.8) is 0 Å². The van der Waals surface area contributed by atoms with Crippen molar-refractivity contribution in [2.24, 2.45) is 0 Å². The van der Waals surface area contributed by atoms with Gasteiger partial charge >= 0.3 is 0 Å². The molecular formula is C24H18N2O3S. The van der Waals surface area contributed by atoms with Crippen LogP contribution in [0.15, 0.2) is 81.1 Å². The molecule has 0 aliphatic heterocycles.